The predicted molar refractivity (Wildman–Crippen MR) is 122 cm³/mol. The number of hydrogen-bond acceptors (Lipinski definition) is 6. The Morgan fingerprint density at radius 1 is 1.13 bits per heavy atom. The van der Waals surface area contributed by atoms with Gasteiger partial charge in [-0.05, 0) is 49.2 Å². The van der Waals surface area contributed by atoms with Crippen molar-refractivity contribution < 1.29 is 14.3 Å². The van der Waals surface area contributed by atoms with Crippen molar-refractivity contribution in [2.24, 2.45) is 0 Å². The maximum absolute atomic E-state index is 12.4. The molecule has 0 fully saturated rings. The number of benzene rings is 2. The summed E-state index contributed by atoms with van der Waals surface area (Å²) < 4.78 is 11.1. The fourth-order valence-corrected chi connectivity index (χ4v) is 3.47. The summed E-state index contributed by atoms with van der Waals surface area (Å²) in [6, 6.07) is 13.1. The molecule has 0 aliphatic carbocycles. The van der Waals surface area contributed by atoms with Crippen LogP contribution in [0.15, 0.2) is 42.5 Å². The third-order valence-corrected chi connectivity index (χ3v) is 5.43. The van der Waals surface area contributed by atoms with Crippen molar-refractivity contribution in [2.75, 3.05) is 19.0 Å². The molecule has 1 amide bonds. The number of carbonyl (C=O) groups is 1. The largest absolute Gasteiger partial charge is 0.493 e. The van der Waals surface area contributed by atoms with Gasteiger partial charge in [0.05, 0.1) is 18.7 Å². The summed E-state index contributed by atoms with van der Waals surface area (Å²) in [5.41, 5.74) is 2.63. The lowest BCUT2D eigenvalue weighted by Gasteiger charge is -2.10. The summed E-state index contributed by atoms with van der Waals surface area (Å²) in [5, 5.41) is 11.9. The van der Waals surface area contributed by atoms with Crippen molar-refractivity contribution in [1.29, 1.82) is 0 Å². The standard InChI is InChI=1S/C22H22ClN3O3S/c1-4-11-29-18-10-7-15(13-19(18)28-3)12-17(23)21-25-26-22(30-21)20(27)24-16-8-5-14(2)6-9-16/h5-10,12-13H,4,11H2,1-3H3,(H,24,27)/b17-12-. The first-order valence-corrected chi connectivity index (χ1v) is 10.6. The van der Waals surface area contributed by atoms with Gasteiger partial charge in [0.25, 0.3) is 5.91 Å². The highest BCUT2D eigenvalue weighted by Gasteiger charge is 2.15. The normalized spacial score (nSPS) is 11.3. The topological polar surface area (TPSA) is 73.3 Å². The van der Waals surface area contributed by atoms with Crippen molar-refractivity contribution in [1.82, 2.24) is 10.2 Å². The minimum absolute atomic E-state index is 0.234. The summed E-state index contributed by atoms with van der Waals surface area (Å²) in [7, 11) is 1.59. The Morgan fingerprint density at radius 3 is 2.57 bits per heavy atom. The number of rotatable bonds is 8. The van der Waals surface area contributed by atoms with E-state index in [0.29, 0.717) is 33.8 Å². The van der Waals surface area contributed by atoms with Gasteiger partial charge in [-0.2, -0.15) is 0 Å². The lowest BCUT2D eigenvalue weighted by atomic mass is 10.2. The molecule has 0 aliphatic rings. The number of carbonyl (C=O) groups excluding carboxylic acids is 1. The maximum Gasteiger partial charge on any atom is 0.286 e. The van der Waals surface area contributed by atoms with Gasteiger partial charge in [0.15, 0.2) is 16.5 Å². The molecule has 0 saturated heterocycles. The van der Waals surface area contributed by atoms with Crippen LogP contribution in [-0.4, -0.2) is 29.8 Å². The molecule has 0 radical (unpaired) electrons. The molecule has 0 spiro atoms. The second-order valence-corrected chi connectivity index (χ2v) is 7.87. The van der Waals surface area contributed by atoms with E-state index in [9.17, 15) is 4.79 Å². The second kappa shape index (κ2) is 10.2. The van der Waals surface area contributed by atoms with Gasteiger partial charge in [-0.15, -0.1) is 10.2 Å². The van der Waals surface area contributed by atoms with Crippen molar-refractivity contribution in [3.63, 3.8) is 0 Å². The van der Waals surface area contributed by atoms with Crippen LogP contribution in [0.5, 0.6) is 11.5 Å². The van der Waals surface area contributed by atoms with E-state index in [1.807, 2.05) is 56.3 Å². The molecule has 8 heteroatoms. The van der Waals surface area contributed by atoms with Gasteiger partial charge in [-0.25, -0.2) is 0 Å². The number of nitrogens with one attached hydrogen (secondary N) is 1. The van der Waals surface area contributed by atoms with Crippen LogP contribution in [0.3, 0.4) is 0 Å². The van der Waals surface area contributed by atoms with E-state index in [4.69, 9.17) is 21.1 Å². The number of amides is 1. The summed E-state index contributed by atoms with van der Waals surface area (Å²) in [6.07, 6.45) is 2.66. The molecule has 3 aromatic rings. The van der Waals surface area contributed by atoms with Crippen LogP contribution in [0.2, 0.25) is 0 Å². The van der Waals surface area contributed by atoms with Crippen LogP contribution in [0.4, 0.5) is 5.69 Å². The first-order valence-electron chi connectivity index (χ1n) is 9.40. The zero-order chi connectivity index (χ0) is 21.5. The van der Waals surface area contributed by atoms with Crippen LogP contribution in [0.1, 0.15) is 39.3 Å². The summed E-state index contributed by atoms with van der Waals surface area (Å²) in [6.45, 7) is 4.64. The second-order valence-electron chi connectivity index (χ2n) is 6.48. The smallest absolute Gasteiger partial charge is 0.286 e. The molecular weight excluding hydrogens is 422 g/mol. The minimum atomic E-state index is -0.328. The molecule has 30 heavy (non-hydrogen) atoms. The van der Waals surface area contributed by atoms with E-state index in [1.165, 1.54) is 0 Å². The van der Waals surface area contributed by atoms with Crippen LogP contribution in [-0.2, 0) is 0 Å². The summed E-state index contributed by atoms with van der Waals surface area (Å²) in [5.74, 6) is 0.974. The molecule has 0 saturated carbocycles. The third kappa shape index (κ3) is 5.58. The molecule has 0 unspecified atom stereocenters. The fraction of sp³-hybridized carbons (Fsp3) is 0.227. The minimum Gasteiger partial charge on any atom is -0.493 e. The van der Waals surface area contributed by atoms with Crippen LogP contribution < -0.4 is 14.8 Å². The Morgan fingerprint density at radius 2 is 1.87 bits per heavy atom. The molecule has 156 valence electrons. The monoisotopic (exact) mass is 443 g/mol. The van der Waals surface area contributed by atoms with E-state index in [0.717, 1.165) is 28.9 Å². The number of aromatic nitrogens is 2. The first kappa shape index (κ1) is 21.8. The molecule has 1 N–H and O–H groups in total. The van der Waals surface area contributed by atoms with E-state index in [1.54, 1.807) is 13.2 Å². The Labute approximate surface area is 184 Å². The van der Waals surface area contributed by atoms with Gasteiger partial charge in [-0.1, -0.05) is 53.6 Å². The van der Waals surface area contributed by atoms with Gasteiger partial charge in [0, 0.05) is 5.69 Å². The van der Waals surface area contributed by atoms with E-state index < -0.39 is 0 Å². The van der Waals surface area contributed by atoms with Gasteiger partial charge in [-0.3, -0.25) is 4.79 Å². The number of halogens is 1. The average molecular weight is 444 g/mol. The summed E-state index contributed by atoms with van der Waals surface area (Å²) in [4.78, 5) is 12.4. The highest BCUT2D eigenvalue weighted by Crippen LogP contribution is 2.31. The van der Waals surface area contributed by atoms with E-state index >= 15 is 0 Å². The van der Waals surface area contributed by atoms with Gasteiger partial charge in [0.2, 0.25) is 5.01 Å². The number of methoxy groups -OCH3 is 1. The molecule has 0 aliphatic heterocycles. The van der Waals surface area contributed by atoms with Gasteiger partial charge < -0.3 is 14.8 Å². The number of ether oxygens (including phenoxy) is 2. The van der Waals surface area contributed by atoms with Gasteiger partial charge >= 0.3 is 0 Å². The Kier molecular flexibility index (Phi) is 7.43. The molecule has 6 nitrogen and oxygen atoms in total. The van der Waals surface area contributed by atoms with Crippen LogP contribution in [0.25, 0.3) is 11.1 Å². The number of hydrogen-bond donors (Lipinski definition) is 1. The molecule has 1 aromatic heterocycles. The van der Waals surface area contributed by atoms with Crippen LogP contribution >= 0.6 is 22.9 Å². The lowest BCUT2D eigenvalue weighted by molar-refractivity contribution is 0.102. The highest BCUT2D eigenvalue weighted by molar-refractivity contribution is 7.15. The number of aryl methyl sites for hydroxylation is 1. The molecule has 1 heterocycles. The molecule has 0 atom stereocenters. The average Bonchev–Trinajstić information content (AvgIpc) is 3.25. The predicted octanol–water partition coefficient (Wildman–Crippen LogP) is 5.63. The first-order chi connectivity index (χ1) is 14.5. The van der Waals surface area contributed by atoms with E-state index in [-0.39, 0.29) is 10.9 Å². The van der Waals surface area contributed by atoms with Crippen molar-refractivity contribution >= 4 is 45.6 Å². The summed E-state index contributed by atoms with van der Waals surface area (Å²) >= 11 is 7.55. The Hall–Kier alpha value is -2.90. The van der Waals surface area contributed by atoms with Crippen molar-refractivity contribution in [3.8, 4) is 11.5 Å². The molecule has 2 aromatic carbocycles. The maximum atomic E-state index is 12.4. The third-order valence-electron chi connectivity index (χ3n) is 4.08. The molecule has 0 bridgehead atoms. The fourth-order valence-electron chi connectivity index (χ4n) is 2.55. The van der Waals surface area contributed by atoms with Crippen LogP contribution in [0, 0.1) is 6.92 Å². The molecule has 3 rings (SSSR count). The Balaban J connectivity index is 1.73. The van der Waals surface area contributed by atoms with Gasteiger partial charge in [0.1, 0.15) is 0 Å². The number of nitrogens with zero attached hydrogens (tertiary/aromatic N) is 2. The number of anilines is 1. The van der Waals surface area contributed by atoms with E-state index in [2.05, 4.69) is 15.5 Å². The molecular formula is C22H22ClN3O3S. The Bertz CT molecular complexity index is 1050. The highest BCUT2D eigenvalue weighted by atomic mass is 35.5. The SMILES string of the molecule is CCCOc1ccc(/C=C(\Cl)c2nnc(C(=O)Nc3ccc(C)cc3)s2)cc1OC. The van der Waals surface area contributed by atoms with Crippen molar-refractivity contribution in [3.05, 3.63) is 63.6 Å². The van der Waals surface area contributed by atoms with Crippen molar-refractivity contribution in [2.45, 2.75) is 20.3 Å². The lowest BCUT2D eigenvalue weighted by Crippen LogP contribution is -2.11. The zero-order valence-corrected chi connectivity index (χ0v) is 18.5. The zero-order valence-electron chi connectivity index (χ0n) is 16.9. The quantitative estimate of drug-likeness (QED) is 0.488.